The van der Waals surface area contributed by atoms with Gasteiger partial charge in [-0.1, -0.05) is 84.9 Å². The van der Waals surface area contributed by atoms with Gasteiger partial charge in [0, 0.05) is 71.0 Å². The van der Waals surface area contributed by atoms with Crippen LogP contribution in [0.1, 0.15) is 52.5 Å². The lowest BCUT2D eigenvalue weighted by atomic mass is 10.1. The molecule has 0 bridgehead atoms. The highest BCUT2D eigenvalue weighted by Crippen LogP contribution is 2.35. The van der Waals surface area contributed by atoms with Gasteiger partial charge in [0.25, 0.3) is 0 Å². The van der Waals surface area contributed by atoms with Gasteiger partial charge in [0.2, 0.25) is 17.7 Å². The number of aromatic nitrogens is 5. The number of halogens is 1. The summed E-state index contributed by atoms with van der Waals surface area (Å²) < 4.78 is 48.3. The number of thioether (sulfide) groups is 1. The van der Waals surface area contributed by atoms with Crippen LogP contribution in [-0.4, -0.2) is 81.7 Å². The highest BCUT2D eigenvalue weighted by molar-refractivity contribution is 7.98. The summed E-state index contributed by atoms with van der Waals surface area (Å²) in [5, 5.41) is 9.10. The zero-order chi connectivity index (χ0) is 60.4. The Hall–Kier alpha value is -8.59. The number of oxazole rings is 2. The van der Waals surface area contributed by atoms with Crippen LogP contribution in [-0.2, 0) is 43.3 Å². The molecule has 5 aromatic heterocycles. The molecule has 11 rings (SSSR count). The van der Waals surface area contributed by atoms with Gasteiger partial charge in [-0.05, 0) is 123 Å². The first-order valence-corrected chi connectivity index (χ1v) is 30.7. The van der Waals surface area contributed by atoms with Crippen LogP contribution >= 0.6 is 34.4 Å². The Bertz CT molecular complexity index is 3940. The maximum Gasteiger partial charge on any atom is 0.238 e. The minimum absolute atomic E-state index is 0.102. The number of carbonyl (C=O) groups is 1. The van der Waals surface area contributed by atoms with Gasteiger partial charge in [-0.15, -0.1) is 22.7 Å². The number of methoxy groups -OCH3 is 4. The molecule has 0 saturated heterocycles. The number of nitrogens with zero attached hydrogens (tertiary/aromatic N) is 7. The van der Waals surface area contributed by atoms with Crippen molar-refractivity contribution < 1.29 is 37.0 Å². The fourth-order valence-electron chi connectivity index (χ4n) is 9.49. The molecule has 1 amide bonds. The van der Waals surface area contributed by atoms with Gasteiger partial charge in [0.1, 0.15) is 34.9 Å². The second-order valence-electron chi connectivity index (χ2n) is 19.8. The lowest BCUT2D eigenvalue weighted by Crippen LogP contribution is -2.32. The number of amides is 1. The number of hydrogen-bond acceptors (Lipinski definition) is 16. The van der Waals surface area contributed by atoms with E-state index in [4.69, 9.17) is 37.7 Å². The molecular formula is C67H69FN8O7S3. The Morgan fingerprint density at radius 2 is 1.33 bits per heavy atom. The van der Waals surface area contributed by atoms with Crippen LogP contribution in [0.5, 0.6) is 23.0 Å². The minimum atomic E-state index is -0.278. The normalized spacial score (nSPS) is 11.1. The third kappa shape index (κ3) is 16.4. The SMILES string of the molecule is CCN(CC(=O)Nc1ccccc1OC)Cc1coc(-c2ccc(C)cc2C)n1.CCn1c(SCc2csc(-c3ccc(OC)c(OC)c3)n2)nc2ccccc21.COc1ccccc1CN(Cc1coc(-c2ccc(F)cc2)n1)Cc1cccs1. The van der Waals surface area contributed by atoms with Gasteiger partial charge in [-0.2, -0.15) is 0 Å². The van der Waals surface area contributed by atoms with E-state index in [1.54, 1.807) is 87.5 Å². The molecule has 0 fully saturated rings. The summed E-state index contributed by atoms with van der Waals surface area (Å²) in [4.78, 5) is 36.9. The van der Waals surface area contributed by atoms with E-state index in [0.717, 1.165) is 97.5 Å². The molecule has 0 aliphatic carbocycles. The van der Waals surface area contributed by atoms with Gasteiger partial charge < -0.3 is 37.7 Å². The van der Waals surface area contributed by atoms with Crippen LogP contribution in [0.15, 0.2) is 183 Å². The summed E-state index contributed by atoms with van der Waals surface area (Å²) in [6, 6.07) is 46.1. The molecule has 11 aromatic rings. The van der Waals surface area contributed by atoms with Gasteiger partial charge >= 0.3 is 0 Å². The van der Waals surface area contributed by atoms with Crippen LogP contribution in [0.4, 0.5) is 10.1 Å². The van der Waals surface area contributed by atoms with Gasteiger partial charge in [0.15, 0.2) is 16.7 Å². The number of nitrogens with one attached hydrogen (secondary N) is 1. The molecule has 86 heavy (non-hydrogen) atoms. The number of likely N-dealkylation sites (N-methyl/N-ethyl adjacent to an activating group) is 1. The number of carbonyl (C=O) groups excluding carboxylic acids is 1. The summed E-state index contributed by atoms with van der Waals surface area (Å²) in [7, 11) is 6.56. The zero-order valence-corrected chi connectivity index (χ0v) is 51.9. The van der Waals surface area contributed by atoms with Crippen molar-refractivity contribution in [2.24, 2.45) is 0 Å². The van der Waals surface area contributed by atoms with E-state index in [9.17, 15) is 9.18 Å². The highest BCUT2D eigenvalue weighted by Gasteiger charge is 2.19. The molecule has 6 aromatic carbocycles. The average molecular weight is 1210 g/mol. The van der Waals surface area contributed by atoms with E-state index in [1.807, 2.05) is 97.6 Å². The number of hydrogen-bond donors (Lipinski definition) is 1. The topological polar surface area (TPSA) is 155 Å². The van der Waals surface area contributed by atoms with Gasteiger partial charge in [0.05, 0.1) is 68.8 Å². The van der Waals surface area contributed by atoms with E-state index in [2.05, 4.69) is 91.8 Å². The molecule has 1 N–H and O–H groups in total. The molecule has 0 unspecified atom stereocenters. The number of fused-ring (bicyclic) bond motifs is 1. The fraction of sp³-hybridized carbons (Fsp3) is 0.239. The van der Waals surface area contributed by atoms with E-state index in [-0.39, 0.29) is 18.3 Å². The van der Waals surface area contributed by atoms with Crippen LogP contribution in [0.2, 0.25) is 0 Å². The first kappa shape index (κ1) is 62.0. The van der Waals surface area contributed by atoms with Crippen molar-refractivity contribution >= 4 is 57.1 Å². The van der Waals surface area contributed by atoms with Crippen LogP contribution in [0.25, 0.3) is 44.5 Å². The number of thiazole rings is 1. The molecule has 5 heterocycles. The van der Waals surface area contributed by atoms with E-state index in [1.165, 1.54) is 28.1 Å². The summed E-state index contributed by atoms with van der Waals surface area (Å²) in [6.07, 6.45) is 3.33. The number of benzene rings is 6. The molecule has 0 aliphatic rings. The van der Waals surface area contributed by atoms with Gasteiger partial charge in [-0.25, -0.2) is 24.3 Å². The molecule has 0 aliphatic heterocycles. The van der Waals surface area contributed by atoms with Crippen molar-refractivity contribution in [3.63, 3.8) is 0 Å². The Kier molecular flexibility index (Phi) is 22.0. The van der Waals surface area contributed by atoms with Crippen LogP contribution in [0, 0.1) is 19.7 Å². The van der Waals surface area contributed by atoms with Gasteiger partial charge in [-0.3, -0.25) is 14.6 Å². The van der Waals surface area contributed by atoms with Crippen LogP contribution < -0.4 is 24.3 Å². The molecule has 0 radical (unpaired) electrons. The molecule has 0 atom stereocenters. The summed E-state index contributed by atoms with van der Waals surface area (Å²) in [5.74, 6) is 4.44. The average Bonchev–Trinajstić information content (AvgIpc) is 4.55. The second kappa shape index (κ2) is 30.5. The Morgan fingerprint density at radius 3 is 2.05 bits per heavy atom. The molecule has 0 spiro atoms. The van der Waals surface area contributed by atoms with Crippen molar-refractivity contribution in [1.82, 2.24) is 34.3 Å². The fourth-order valence-corrected chi connectivity index (χ4v) is 12.1. The molecular weight excluding hydrogens is 1140 g/mol. The molecule has 15 nitrogen and oxygen atoms in total. The number of anilines is 1. The molecule has 19 heteroatoms. The first-order valence-electron chi connectivity index (χ1n) is 27.9. The lowest BCUT2D eigenvalue weighted by Gasteiger charge is -2.21. The number of thiophene rings is 1. The van der Waals surface area contributed by atoms with Crippen LogP contribution in [0.3, 0.4) is 0 Å². The number of rotatable bonds is 23. The Labute approximate surface area is 513 Å². The monoisotopic (exact) mass is 1210 g/mol. The summed E-state index contributed by atoms with van der Waals surface area (Å²) in [6.45, 7) is 12.8. The number of para-hydroxylation sites is 5. The maximum atomic E-state index is 13.2. The third-order valence-electron chi connectivity index (χ3n) is 13.8. The van der Waals surface area contributed by atoms with Crippen molar-refractivity contribution in [2.45, 2.75) is 71.3 Å². The Balaban J connectivity index is 0.000000154. The molecule has 0 saturated carbocycles. The van der Waals surface area contributed by atoms with E-state index in [0.29, 0.717) is 48.6 Å². The van der Waals surface area contributed by atoms with Crippen molar-refractivity contribution in [2.75, 3.05) is 46.8 Å². The molecule has 444 valence electrons. The quantitative estimate of drug-likeness (QED) is 0.0604. The standard InChI is InChI=1S/C23H21FN2O2S.C23H27N3O3.C21H21N3O2S2/c1-27-22-7-3-2-5-18(22)13-26(15-21-6-4-12-29-21)14-20-16-28-23(25-20)17-8-10-19(24)11-9-17;1-5-26(14-22(27)25-20-8-6-7-9-21(20)28-4)13-18-15-29-23(24-18)19-11-10-16(2)12-17(19)3;1-4-24-17-8-6-5-7-16(17)23-21(24)28-13-15-12-27-20(22-15)14-9-10-18(25-2)19(11-14)26-3/h2-12,16H,13-15H2,1H3;6-12,15H,5,13-14H2,1-4H3,(H,25,27);5-12H,4,13H2,1-3H3. The highest BCUT2D eigenvalue weighted by atomic mass is 32.2. The minimum Gasteiger partial charge on any atom is -0.496 e. The van der Waals surface area contributed by atoms with E-state index >= 15 is 0 Å². The van der Waals surface area contributed by atoms with Crippen molar-refractivity contribution in [1.29, 1.82) is 0 Å². The lowest BCUT2D eigenvalue weighted by molar-refractivity contribution is -0.117. The smallest absolute Gasteiger partial charge is 0.238 e. The summed E-state index contributed by atoms with van der Waals surface area (Å²) in [5.41, 5.74) is 11.8. The second-order valence-corrected chi connectivity index (χ2v) is 22.7. The summed E-state index contributed by atoms with van der Waals surface area (Å²) >= 11 is 5.09. The number of ether oxygens (including phenoxy) is 4. The largest absolute Gasteiger partial charge is 0.496 e. The predicted molar refractivity (Wildman–Crippen MR) is 342 cm³/mol. The Morgan fingerprint density at radius 1 is 0.640 bits per heavy atom. The number of aryl methyl sites for hydroxylation is 3. The predicted octanol–water partition coefficient (Wildman–Crippen LogP) is 15.7. The maximum absolute atomic E-state index is 13.2. The van der Waals surface area contributed by atoms with Crippen molar-refractivity contribution in [3.8, 4) is 56.5 Å². The van der Waals surface area contributed by atoms with Crippen molar-refractivity contribution in [3.05, 3.63) is 213 Å². The zero-order valence-electron chi connectivity index (χ0n) is 49.4. The number of imidazole rings is 1. The third-order valence-corrected chi connectivity index (χ3v) is 16.6. The van der Waals surface area contributed by atoms with E-state index < -0.39 is 0 Å². The first-order chi connectivity index (χ1) is 41.9.